The van der Waals surface area contributed by atoms with Crippen LogP contribution in [0.5, 0.6) is 0 Å². The lowest BCUT2D eigenvalue weighted by molar-refractivity contribution is -0.125. The van der Waals surface area contributed by atoms with Gasteiger partial charge in [-0.25, -0.2) is 0 Å². The maximum absolute atomic E-state index is 12.4. The van der Waals surface area contributed by atoms with Gasteiger partial charge in [0.05, 0.1) is 0 Å². The molecule has 4 aliphatic carbocycles. The van der Waals surface area contributed by atoms with Crippen LogP contribution in [0.2, 0.25) is 0 Å². The fourth-order valence-corrected chi connectivity index (χ4v) is 6.99. The molecule has 0 radical (unpaired) electrons. The van der Waals surface area contributed by atoms with Gasteiger partial charge in [-0.1, -0.05) is 18.2 Å². The van der Waals surface area contributed by atoms with Crippen molar-refractivity contribution >= 4 is 17.7 Å². The maximum atomic E-state index is 12.4. The molecule has 0 unspecified atom stereocenters. The molecule has 1 aromatic carbocycles. The molecular weight excluding hydrogens is 326 g/mol. The van der Waals surface area contributed by atoms with Crippen molar-refractivity contribution in [1.82, 2.24) is 5.32 Å². The van der Waals surface area contributed by atoms with Gasteiger partial charge in [0.1, 0.15) is 0 Å². The van der Waals surface area contributed by atoms with Crippen molar-refractivity contribution < 1.29 is 4.79 Å². The van der Waals surface area contributed by atoms with Crippen LogP contribution in [0.4, 0.5) is 0 Å². The Morgan fingerprint density at radius 2 is 1.72 bits per heavy atom. The summed E-state index contributed by atoms with van der Waals surface area (Å²) in [5, 5.41) is 3.39. The third-order valence-corrected chi connectivity index (χ3v) is 8.04. The Morgan fingerprint density at radius 3 is 2.32 bits per heavy atom. The van der Waals surface area contributed by atoms with E-state index in [-0.39, 0.29) is 5.91 Å². The predicted molar refractivity (Wildman–Crippen MR) is 105 cm³/mol. The van der Waals surface area contributed by atoms with Crippen molar-refractivity contribution in [2.24, 2.45) is 23.2 Å². The number of hydrogen-bond acceptors (Lipinski definition) is 2. The third kappa shape index (κ3) is 3.92. The second-order valence-electron chi connectivity index (χ2n) is 8.83. The summed E-state index contributed by atoms with van der Waals surface area (Å²) in [6.07, 6.45) is 10.1. The van der Waals surface area contributed by atoms with Crippen molar-refractivity contribution in [3.63, 3.8) is 0 Å². The Bertz CT molecular complexity index is 564. The maximum Gasteiger partial charge on any atom is 0.220 e. The van der Waals surface area contributed by atoms with E-state index in [1.54, 1.807) is 0 Å². The van der Waals surface area contributed by atoms with Crippen LogP contribution in [-0.4, -0.2) is 17.7 Å². The normalized spacial score (nSPS) is 34.0. The van der Waals surface area contributed by atoms with Gasteiger partial charge < -0.3 is 5.32 Å². The van der Waals surface area contributed by atoms with Gasteiger partial charge in [0.2, 0.25) is 5.91 Å². The second-order valence-corrected chi connectivity index (χ2v) is 10.0. The smallest absolute Gasteiger partial charge is 0.220 e. The van der Waals surface area contributed by atoms with Gasteiger partial charge in [-0.2, -0.15) is 0 Å². The van der Waals surface area contributed by atoms with Gasteiger partial charge in [-0.3, -0.25) is 4.79 Å². The van der Waals surface area contributed by atoms with Gasteiger partial charge in [-0.05, 0) is 92.9 Å². The molecule has 5 rings (SSSR count). The molecule has 0 aromatic heterocycles. The SMILES string of the molecule is C[C@@H](NC(=O)CCCSc1ccccc1)C12CC3CC(CC(C3)C1)C2. The Hall–Kier alpha value is -0.960. The third-order valence-electron chi connectivity index (χ3n) is 6.94. The quantitative estimate of drug-likeness (QED) is 0.531. The van der Waals surface area contributed by atoms with E-state index < -0.39 is 0 Å². The molecule has 1 amide bonds. The highest BCUT2D eigenvalue weighted by Crippen LogP contribution is 2.61. The fourth-order valence-electron chi connectivity index (χ4n) is 6.11. The fraction of sp³-hybridized carbons (Fsp3) is 0.682. The van der Waals surface area contributed by atoms with Gasteiger partial charge in [-0.15, -0.1) is 11.8 Å². The molecule has 1 atom stereocenters. The summed E-state index contributed by atoms with van der Waals surface area (Å²) in [5.74, 6) is 4.13. The van der Waals surface area contributed by atoms with Crippen molar-refractivity contribution in [1.29, 1.82) is 0 Å². The van der Waals surface area contributed by atoms with Crippen molar-refractivity contribution in [3.05, 3.63) is 30.3 Å². The lowest BCUT2D eigenvalue weighted by Gasteiger charge is -2.59. The van der Waals surface area contributed by atoms with E-state index >= 15 is 0 Å². The van der Waals surface area contributed by atoms with Crippen molar-refractivity contribution in [2.45, 2.75) is 69.2 Å². The van der Waals surface area contributed by atoms with Crippen LogP contribution in [0.1, 0.15) is 58.3 Å². The molecule has 3 heteroatoms. The van der Waals surface area contributed by atoms with Gasteiger partial charge >= 0.3 is 0 Å². The van der Waals surface area contributed by atoms with Crippen LogP contribution in [0, 0.1) is 23.2 Å². The topological polar surface area (TPSA) is 29.1 Å². The number of nitrogens with one attached hydrogen (secondary N) is 1. The molecule has 1 N–H and O–H groups in total. The zero-order valence-corrected chi connectivity index (χ0v) is 16.2. The molecule has 136 valence electrons. The first kappa shape index (κ1) is 17.5. The zero-order valence-electron chi connectivity index (χ0n) is 15.4. The minimum absolute atomic E-state index is 0.261. The van der Waals surface area contributed by atoms with Crippen LogP contribution in [0.3, 0.4) is 0 Å². The van der Waals surface area contributed by atoms with E-state index in [0.29, 0.717) is 17.9 Å². The van der Waals surface area contributed by atoms with E-state index in [2.05, 4.69) is 36.5 Å². The summed E-state index contributed by atoms with van der Waals surface area (Å²) in [4.78, 5) is 13.7. The monoisotopic (exact) mass is 357 g/mol. The molecule has 0 aliphatic heterocycles. The molecule has 4 fully saturated rings. The predicted octanol–water partition coefficient (Wildman–Crippen LogP) is 5.28. The van der Waals surface area contributed by atoms with Crippen LogP contribution in [0.15, 0.2) is 35.2 Å². The minimum Gasteiger partial charge on any atom is -0.353 e. The molecule has 4 aliphatic rings. The number of thioether (sulfide) groups is 1. The van der Waals surface area contributed by atoms with Crippen LogP contribution in [0.25, 0.3) is 0 Å². The summed E-state index contributed by atoms with van der Waals surface area (Å²) >= 11 is 1.85. The minimum atomic E-state index is 0.261. The van der Waals surface area contributed by atoms with Gasteiger partial charge in [0.15, 0.2) is 0 Å². The average molecular weight is 358 g/mol. The van der Waals surface area contributed by atoms with Crippen LogP contribution >= 0.6 is 11.8 Å². The summed E-state index contributed by atoms with van der Waals surface area (Å²) in [6.45, 7) is 2.28. The highest BCUT2D eigenvalue weighted by atomic mass is 32.2. The average Bonchev–Trinajstić information content (AvgIpc) is 2.58. The number of carbonyl (C=O) groups excluding carboxylic acids is 1. The zero-order chi connectivity index (χ0) is 17.3. The van der Waals surface area contributed by atoms with Crippen molar-refractivity contribution in [2.75, 3.05) is 5.75 Å². The number of hydrogen-bond donors (Lipinski definition) is 1. The number of carbonyl (C=O) groups is 1. The first-order valence-corrected chi connectivity index (χ1v) is 11.1. The van der Waals surface area contributed by atoms with Gasteiger partial charge in [0.25, 0.3) is 0 Å². The molecule has 0 saturated heterocycles. The standard InChI is InChI=1S/C22H31NOS/c1-16(22-13-17-10-18(14-22)12-19(11-17)15-22)23-21(24)8-5-9-25-20-6-3-2-4-7-20/h2-4,6-7,16-19H,5,8-15H2,1H3,(H,23,24)/t16-,17?,18?,19?,22?/m1/s1. The molecule has 1 aromatic rings. The second kappa shape index (κ2) is 7.34. The van der Waals surface area contributed by atoms with Gasteiger partial charge in [0, 0.05) is 17.4 Å². The summed E-state index contributed by atoms with van der Waals surface area (Å²) in [6, 6.07) is 10.8. The van der Waals surface area contributed by atoms with Crippen molar-refractivity contribution in [3.8, 4) is 0 Å². The summed E-state index contributed by atoms with van der Waals surface area (Å²) < 4.78 is 0. The molecule has 4 bridgehead atoms. The summed E-state index contributed by atoms with van der Waals surface area (Å²) in [7, 11) is 0. The largest absolute Gasteiger partial charge is 0.353 e. The Balaban J connectivity index is 1.22. The van der Waals surface area contributed by atoms with E-state index in [4.69, 9.17) is 0 Å². The van der Waals surface area contributed by atoms with E-state index in [0.717, 1.165) is 29.9 Å². The Labute approximate surface area is 156 Å². The molecule has 0 heterocycles. The number of rotatable bonds is 7. The Morgan fingerprint density at radius 1 is 1.12 bits per heavy atom. The van der Waals surface area contributed by atoms with E-state index in [9.17, 15) is 4.79 Å². The number of benzene rings is 1. The molecular formula is C22H31NOS. The highest BCUT2D eigenvalue weighted by molar-refractivity contribution is 7.99. The molecule has 25 heavy (non-hydrogen) atoms. The highest BCUT2D eigenvalue weighted by Gasteiger charge is 2.53. The molecule has 4 saturated carbocycles. The lowest BCUT2D eigenvalue weighted by atomic mass is 9.48. The van der Waals surface area contributed by atoms with Crippen LogP contribution < -0.4 is 5.32 Å². The first-order chi connectivity index (χ1) is 12.1. The molecule has 0 spiro atoms. The first-order valence-electron chi connectivity index (χ1n) is 10.1. The van der Waals surface area contributed by atoms with Crippen LogP contribution in [-0.2, 0) is 4.79 Å². The van der Waals surface area contributed by atoms with E-state index in [1.807, 2.05) is 17.8 Å². The summed E-state index contributed by atoms with van der Waals surface area (Å²) in [5.41, 5.74) is 0.420. The van der Waals surface area contributed by atoms with E-state index in [1.165, 1.54) is 43.4 Å². The molecule has 2 nitrogen and oxygen atoms in total. The number of amides is 1. The lowest BCUT2D eigenvalue weighted by Crippen LogP contribution is -2.55. The Kier molecular flexibility index (Phi) is 5.13.